The molecule has 0 radical (unpaired) electrons. The lowest BCUT2D eigenvalue weighted by Gasteiger charge is -2.19. The largest absolute Gasteiger partial charge is 0.493 e. The molecule has 1 aromatic rings. The van der Waals surface area contributed by atoms with E-state index in [0.717, 1.165) is 68.6 Å². The van der Waals surface area contributed by atoms with E-state index in [4.69, 9.17) is 19.2 Å². The van der Waals surface area contributed by atoms with Crippen molar-refractivity contribution in [2.75, 3.05) is 33.4 Å². The minimum Gasteiger partial charge on any atom is -0.493 e. The highest BCUT2D eigenvalue weighted by Gasteiger charge is 2.20. The minimum atomic E-state index is 0.286. The summed E-state index contributed by atoms with van der Waals surface area (Å²) in [7, 11) is 1.69. The van der Waals surface area contributed by atoms with Crippen LogP contribution in [-0.2, 0) is 11.3 Å². The summed E-state index contributed by atoms with van der Waals surface area (Å²) in [4.78, 5) is 4.73. The summed E-state index contributed by atoms with van der Waals surface area (Å²) in [5.74, 6) is 2.43. The quantitative estimate of drug-likeness (QED) is 0.351. The van der Waals surface area contributed by atoms with Crippen LogP contribution in [0, 0.1) is 0 Å². The summed E-state index contributed by atoms with van der Waals surface area (Å²) in [5, 5.41) is 6.65. The summed E-state index contributed by atoms with van der Waals surface area (Å²) in [6, 6.07) is 6.01. The van der Waals surface area contributed by atoms with Crippen molar-refractivity contribution >= 4 is 5.96 Å². The van der Waals surface area contributed by atoms with Crippen LogP contribution >= 0.6 is 0 Å². The molecule has 0 aromatic heterocycles. The highest BCUT2D eigenvalue weighted by atomic mass is 16.5. The average Bonchev–Trinajstić information content (AvgIpc) is 3.19. The van der Waals surface area contributed by atoms with Crippen LogP contribution in [0.3, 0.4) is 0 Å². The topological polar surface area (TPSA) is 64.1 Å². The Kier molecular flexibility index (Phi) is 9.84. The molecule has 0 heterocycles. The van der Waals surface area contributed by atoms with Gasteiger partial charge in [-0.1, -0.05) is 12.1 Å². The Morgan fingerprint density at radius 3 is 2.70 bits per heavy atom. The predicted octanol–water partition coefficient (Wildman–Crippen LogP) is 3.50. The number of benzene rings is 1. The van der Waals surface area contributed by atoms with Crippen LogP contribution in [0.15, 0.2) is 23.2 Å². The highest BCUT2D eigenvalue weighted by molar-refractivity contribution is 5.79. The molecule has 1 fully saturated rings. The van der Waals surface area contributed by atoms with Crippen molar-refractivity contribution < 1.29 is 14.2 Å². The number of nitrogens with one attached hydrogen (secondary N) is 2. The fourth-order valence-corrected chi connectivity index (χ4v) is 3.18. The number of aliphatic imine (C=N–C) groups is 1. The molecule has 6 nitrogen and oxygen atoms in total. The zero-order chi connectivity index (χ0) is 19.3. The number of methoxy groups -OCH3 is 1. The molecular formula is C21H35N3O3. The molecule has 0 atom stereocenters. The van der Waals surface area contributed by atoms with Gasteiger partial charge >= 0.3 is 0 Å². The highest BCUT2D eigenvalue weighted by Crippen LogP contribution is 2.35. The second-order valence-electron chi connectivity index (χ2n) is 6.65. The Morgan fingerprint density at radius 1 is 1.19 bits per heavy atom. The van der Waals surface area contributed by atoms with Gasteiger partial charge < -0.3 is 24.8 Å². The SMILES string of the molecule is CCNC(=NCc1cccc(OC)c1OC1CCCC1)NCCCOCC. The number of rotatable bonds is 11. The summed E-state index contributed by atoms with van der Waals surface area (Å²) in [5.41, 5.74) is 1.05. The lowest BCUT2D eigenvalue weighted by Crippen LogP contribution is -2.38. The number of hydrogen-bond acceptors (Lipinski definition) is 4. The monoisotopic (exact) mass is 377 g/mol. The third-order valence-corrected chi connectivity index (χ3v) is 4.58. The van der Waals surface area contributed by atoms with Crippen molar-refractivity contribution in [1.82, 2.24) is 10.6 Å². The van der Waals surface area contributed by atoms with Gasteiger partial charge in [0.15, 0.2) is 17.5 Å². The smallest absolute Gasteiger partial charge is 0.191 e. The molecule has 27 heavy (non-hydrogen) atoms. The molecule has 1 saturated carbocycles. The molecule has 1 aliphatic carbocycles. The number of guanidine groups is 1. The molecule has 2 rings (SSSR count). The van der Waals surface area contributed by atoms with Crippen LogP contribution in [0.5, 0.6) is 11.5 Å². The fraction of sp³-hybridized carbons (Fsp3) is 0.667. The van der Waals surface area contributed by atoms with Gasteiger partial charge in [-0.05, 0) is 52.0 Å². The first-order chi connectivity index (χ1) is 13.3. The van der Waals surface area contributed by atoms with Gasteiger partial charge in [-0.2, -0.15) is 0 Å². The van der Waals surface area contributed by atoms with Crippen molar-refractivity contribution in [3.63, 3.8) is 0 Å². The standard InChI is InChI=1S/C21H35N3O3/c1-4-22-21(23-14-9-15-26-5-2)24-16-17-10-8-13-19(25-3)20(17)27-18-11-6-7-12-18/h8,10,13,18H,4-7,9,11-12,14-16H2,1-3H3,(H2,22,23,24). The molecule has 1 aromatic carbocycles. The zero-order valence-corrected chi connectivity index (χ0v) is 17.1. The number of nitrogens with zero attached hydrogens (tertiary/aromatic N) is 1. The summed E-state index contributed by atoms with van der Waals surface area (Å²) < 4.78 is 17.2. The first-order valence-electron chi connectivity index (χ1n) is 10.2. The van der Waals surface area contributed by atoms with Crippen molar-refractivity contribution in [2.24, 2.45) is 4.99 Å². The summed E-state index contributed by atoms with van der Waals surface area (Å²) in [6.45, 7) is 7.79. The van der Waals surface area contributed by atoms with Gasteiger partial charge in [0.25, 0.3) is 0 Å². The zero-order valence-electron chi connectivity index (χ0n) is 17.1. The Balaban J connectivity index is 2.02. The van der Waals surface area contributed by atoms with Gasteiger partial charge in [-0.25, -0.2) is 4.99 Å². The van der Waals surface area contributed by atoms with E-state index < -0.39 is 0 Å². The van der Waals surface area contributed by atoms with E-state index in [9.17, 15) is 0 Å². The maximum absolute atomic E-state index is 6.29. The molecule has 2 N–H and O–H groups in total. The molecule has 0 amide bonds. The Morgan fingerprint density at radius 2 is 2.00 bits per heavy atom. The second-order valence-corrected chi connectivity index (χ2v) is 6.65. The molecule has 152 valence electrons. The van der Waals surface area contributed by atoms with E-state index in [1.54, 1.807) is 7.11 Å². The number of ether oxygens (including phenoxy) is 3. The van der Waals surface area contributed by atoms with Crippen LogP contribution in [-0.4, -0.2) is 45.5 Å². The van der Waals surface area contributed by atoms with Crippen LogP contribution in [0.2, 0.25) is 0 Å². The maximum atomic E-state index is 6.29. The third kappa shape index (κ3) is 7.29. The van der Waals surface area contributed by atoms with Crippen molar-refractivity contribution in [1.29, 1.82) is 0 Å². The molecule has 0 bridgehead atoms. The van der Waals surface area contributed by atoms with E-state index in [1.807, 2.05) is 19.1 Å². The normalized spacial score (nSPS) is 15.0. The van der Waals surface area contributed by atoms with Gasteiger partial charge in [0, 0.05) is 31.9 Å². The van der Waals surface area contributed by atoms with E-state index >= 15 is 0 Å². The molecule has 0 unspecified atom stereocenters. The van der Waals surface area contributed by atoms with Crippen molar-refractivity contribution in [3.8, 4) is 11.5 Å². The molecule has 0 spiro atoms. The van der Waals surface area contributed by atoms with E-state index in [-0.39, 0.29) is 6.10 Å². The Labute approximate surface area is 163 Å². The fourth-order valence-electron chi connectivity index (χ4n) is 3.18. The lowest BCUT2D eigenvalue weighted by molar-refractivity contribution is 0.145. The number of para-hydroxylation sites is 1. The molecule has 0 aliphatic heterocycles. The Hall–Kier alpha value is -1.95. The predicted molar refractivity (Wildman–Crippen MR) is 110 cm³/mol. The first-order valence-corrected chi connectivity index (χ1v) is 10.2. The van der Waals surface area contributed by atoms with Crippen LogP contribution in [0.4, 0.5) is 0 Å². The minimum absolute atomic E-state index is 0.286. The van der Waals surface area contributed by atoms with Gasteiger partial charge in [-0.15, -0.1) is 0 Å². The van der Waals surface area contributed by atoms with Gasteiger partial charge in [-0.3, -0.25) is 0 Å². The van der Waals surface area contributed by atoms with Crippen molar-refractivity contribution in [3.05, 3.63) is 23.8 Å². The van der Waals surface area contributed by atoms with Gasteiger partial charge in [0.05, 0.1) is 19.8 Å². The van der Waals surface area contributed by atoms with E-state index in [0.29, 0.717) is 6.54 Å². The van der Waals surface area contributed by atoms with Crippen LogP contribution < -0.4 is 20.1 Å². The van der Waals surface area contributed by atoms with Gasteiger partial charge in [0.1, 0.15) is 0 Å². The lowest BCUT2D eigenvalue weighted by atomic mass is 10.1. The molecular weight excluding hydrogens is 342 g/mol. The first kappa shape index (κ1) is 21.4. The second kappa shape index (κ2) is 12.4. The van der Waals surface area contributed by atoms with Gasteiger partial charge in [0.2, 0.25) is 0 Å². The molecule has 1 aliphatic rings. The summed E-state index contributed by atoms with van der Waals surface area (Å²) in [6.07, 6.45) is 5.95. The number of hydrogen-bond donors (Lipinski definition) is 2. The van der Waals surface area contributed by atoms with Crippen LogP contribution in [0.1, 0.15) is 51.5 Å². The van der Waals surface area contributed by atoms with E-state index in [2.05, 4.69) is 23.6 Å². The molecule has 0 saturated heterocycles. The van der Waals surface area contributed by atoms with Crippen molar-refractivity contribution in [2.45, 2.75) is 58.6 Å². The Bertz CT molecular complexity index is 572. The third-order valence-electron chi connectivity index (χ3n) is 4.58. The average molecular weight is 378 g/mol. The molecule has 6 heteroatoms. The van der Waals surface area contributed by atoms with Crippen LogP contribution in [0.25, 0.3) is 0 Å². The maximum Gasteiger partial charge on any atom is 0.191 e. The van der Waals surface area contributed by atoms with E-state index in [1.165, 1.54) is 12.8 Å². The summed E-state index contributed by atoms with van der Waals surface area (Å²) >= 11 is 0.